The summed E-state index contributed by atoms with van der Waals surface area (Å²) >= 11 is 5.99. The molecule has 0 amide bonds. The third kappa shape index (κ3) is 1.40. The maximum Gasteiger partial charge on any atom is 0.139 e. The fraction of sp³-hybridized carbons (Fsp3) is 0.200. The summed E-state index contributed by atoms with van der Waals surface area (Å²) in [7, 11) is 1.58. The van der Waals surface area contributed by atoms with E-state index >= 15 is 0 Å². The number of nitrogens with zero attached hydrogens (tertiary/aromatic N) is 2. The van der Waals surface area contributed by atoms with Crippen LogP contribution in [0.25, 0.3) is 10.9 Å². The third-order valence-corrected chi connectivity index (χ3v) is 2.40. The normalized spacial score (nSPS) is 10.5. The molecule has 2 aromatic rings. The van der Waals surface area contributed by atoms with E-state index in [4.69, 9.17) is 16.3 Å². The van der Waals surface area contributed by atoms with Crippen molar-refractivity contribution in [1.29, 1.82) is 0 Å². The Balaban J connectivity index is 2.79. The molecule has 0 saturated carbocycles. The lowest BCUT2D eigenvalue weighted by Gasteiger charge is -2.05. The zero-order valence-electron chi connectivity index (χ0n) is 7.91. The maximum atomic E-state index is 5.99. The van der Waals surface area contributed by atoms with Gasteiger partial charge >= 0.3 is 0 Å². The van der Waals surface area contributed by atoms with E-state index in [1.54, 1.807) is 7.11 Å². The average molecular weight is 209 g/mol. The summed E-state index contributed by atoms with van der Waals surface area (Å²) in [5.74, 6) is 0.636. The van der Waals surface area contributed by atoms with Crippen molar-refractivity contribution >= 4 is 22.5 Å². The van der Waals surface area contributed by atoms with Gasteiger partial charge in [-0.2, -0.15) is 0 Å². The number of halogens is 1. The van der Waals surface area contributed by atoms with Crippen LogP contribution >= 0.6 is 11.6 Å². The first-order valence-electron chi connectivity index (χ1n) is 4.17. The highest BCUT2D eigenvalue weighted by Crippen LogP contribution is 2.29. The molecule has 72 valence electrons. The second-order valence-corrected chi connectivity index (χ2v) is 3.37. The van der Waals surface area contributed by atoms with Gasteiger partial charge in [-0.1, -0.05) is 11.6 Å². The van der Waals surface area contributed by atoms with Gasteiger partial charge in [-0.3, -0.25) is 0 Å². The van der Waals surface area contributed by atoms with Crippen LogP contribution in [0.15, 0.2) is 18.5 Å². The van der Waals surface area contributed by atoms with E-state index in [0.29, 0.717) is 10.8 Å². The number of aryl methyl sites for hydroxylation is 1. The maximum absolute atomic E-state index is 5.99. The number of methoxy groups -OCH3 is 1. The Kier molecular flexibility index (Phi) is 2.25. The molecule has 3 nitrogen and oxygen atoms in total. The lowest BCUT2D eigenvalue weighted by Crippen LogP contribution is -1.90. The Bertz CT molecular complexity index is 485. The first kappa shape index (κ1) is 9.21. The van der Waals surface area contributed by atoms with Crippen LogP contribution in [0, 0.1) is 6.92 Å². The molecule has 2 rings (SSSR count). The molecule has 1 heterocycles. The highest BCUT2D eigenvalue weighted by molar-refractivity contribution is 6.32. The molecule has 0 saturated heterocycles. The van der Waals surface area contributed by atoms with Crippen molar-refractivity contribution < 1.29 is 4.74 Å². The van der Waals surface area contributed by atoms with E-state index in [-0.39, 0.29) is 0 Å². The van der Waals surface area contributed by atoms with E-state index in [1.807, 2.05) is 19.1 Å². The number of hydrogen-bond donors (Lipinski definition) is 0. The van der Waals surface area contributed by atoms with Crippen molar-refractivity contribution in [3.63, 3.8) is 0 Å². The smallest absolute Gasteiger partial charge is 0.139 e. The van der Waals surface area contributed by atoms with Gasteiger partial charge in [-0.25, -0.2) is 9.97 Å². The van der Waals surface area contributed by atoms with Crippen LogP contribution in [0.1, 0.15) is 5.69 Å². The Hall–Kier alpha value is -1.35. The van der Waals surface area contributed by atoms with Crippen LogP contribution in [0.5, 0.6) is 5.75 Å². The summed E-state index contributed by atoms with van der Waals surface area (Å²) in [6.07, 6.45) is 1.53. The number of aromatic nitrogens is 2. The van der Waals surface area contributed by atoms with Crippen LogP contribution in [-0.2, 0) is 0 Å². The summed E-state index contributed by atoms with van der Waals surface area (Å²) < 4.78 is 5.10. The summed E-state index contributed by atoms with van der Waals surface area (Å²) in [4.78, 5) is 8.24. The first-order chi connectivity index (χ1) is 6.72. The van der Waals surface area contributed by atoms with Crippen LogP contribution in [0.3, 0.4) is 0 Å². The first-order valence-corrected chi connectivity index (χ1v) is 4.55. The van der Waals surface area contributed by atoms with Gasteiger partial charge < -0.3 is 4.74 Å². The predicted octanol–water partition coefficient (Wildman–Crippen LogP) is 2.60. The molecule has 0 bridgehead atoms. The Morgan fingerprint density at radius 2 is 2.07 bits per heavy atom. The molecular formula is C10H9ClN2O. The van der Waals surface area contributed by atoms with E-state index < -0.39 is 0 Å². The largest absolute Gasteiger partial charge is 0.495 e. The zero-order chi connectivity index (χ0) is 10.1. The van der Waals surface area contributed by atoms with Crippen molar-refractivity contribution in [2.45, 2.75) is 6.92 Å². The Labute approximate surface area is 86.7 Å². The number of hydrogen-bond acceptors (Lipinski definition) is 3. The Morgan fingerprint density at radius 1 is 1.29 bits per heavy atom. The molecule has 0 atom stereocenters. The van der Waals surface area contributed by atoms with Gasteiger partial charge in [-0.15, -0.1) is 0 Å². The molecule has 0 aliphatic rings. The molecule has 0 aliphatic carbocycles. The van der Waals surface area contributed by atoms with Gasteiger partial charge in [0, 0.05) is 17.1 Å². The molecule has 1 aromatic carbocycles. The lowest BCUT2D eigenvalue weighted by molar-refractivity contribution is 0.415. The van der Waals surface area contributed by atoms with Crippen molar-refractivity contribution in [1.82, 2.24) is 9.97 Å². The fourth-order valence-electron chi connectivity index (χ4n) is 1.34. The molecule has 14 heavy (non-hydrogen) atoms. The summed E-state index contributed by atoms with van der Waals surface area (Å²) in [5, 5.41) is 1.54. The van der Waals surface area contributed by atoms with E-state index in [0.717, 1.165) is 16.6 Å². The fourth-order valence-corrected chi connectivity index (χ4v) is 1.58. The van der Waals surface area contributed by atoms with E-state index in [1.165, 1.54) is 6.33 Å². The minimum absolute atomic E-state index is 0.581. The highest BCUT2D eigenvalue weighted by Gasteiger charge is 2.05. The third-order valence-electron chi connectivity index (χ3n) is 2.11. The highest BCUT2D eigenvalue weighted by atomic mass is 35.5. The standard InChI is InChI=1S/C10H9ClN2O/c1-6-7-3-8(11)10(14-2)4-9(7)13-5-12-6/h3-5H,1-2H3. The molecule has 0 aliphatic heterocycles. The minimum atomic E-state index is 0.581. The van der Waals surface area contributed by atoms with Gasteiger partial charge in [-0.05, 0) is 13.0 Å². The molecular weight excluding hydrogens is 200 g/mol. The van der Waals surface area contributed by atoms with Crippen molar-refractivity contribution in [2.75, 3.05) is 7.11 Å². The Morgan fingerprint density at radius 3 is 2.79 bits per heavy atom. The summed E-state index contributed by atoms with van der Waals surface area (Å²) in [6.45, 7) is 1.92. The van der Waals surface area contributed by atoms with E-state index in [9.17, 15) is 0 Å². The lowest BCUT2D eigenvalue weighted by atomic mass is 10.2. The van der Waals surface area contributed by atoms with Crippen LogP contribution in [-0.4, -0.2) is 17.1 Å². The van der Waals surface area contributed by atoms with Crippen LogP contribution < -0.4 is 4.74 Å². The molecule has 4 heteroatoms. The van der Waals surface area contributed by atoms with Crippen molar-refractivity contribution in [3.05, 3.63) is 29.2 Å². The molecule has 0 N–H and O–H groups in total. The van der Waals surface area contributed by atoms with Gasteiger partial charge in [0.15, 0.2) is 0 Å². The SMILES string of the molecule is COc1cc2ncnc(C)c2cc1Cl. The topological polar surface area (TPSA) is 35.0 Å². The van der Waals surface area contributed by atoms with E-state index in [2.05, 4.69) is 9.97 Å². The van der Waals surface area contributed by atoms with Gasteiger partial charge in [0.05, 0.1) is 17.6 Å². The minimum Gasteiger partial charge on any atom is -0.495 e. The number of benzene rings is 1. The number of ether oxygens (including phenoxy) is 1. The van der Waals surface area contributed by atoms with Gasteiger partial charge in [0.25, 0.3) is 0 Å². The average Bonchev–Trinajstić information content (AvgIpc) is 2.19. The monoisotopic (exact) mass is 208 g/mol. The van der Waals surface area contributed by atoms with Crippen molar-refractivity contribution in [3.8, 4) is 5.75 Å². The molecule has 0 fully saturated rings. The molecule has 0 radical (unpaired) electrons. The number of fused-ring (bicyclic) bond motifs is 1. The predicted molar refractivity (Wildman–Crippen MR) is 55.8 cm³/mol. The van der Waals surface area contributed by atoms with Crippen molar-refractivity contribution in [2.24, 2.45) is 0 Å². The van der Waals surface area contributed by atoms with Gasteiger partial charge in [0.1, 0.15) is 12.1 Å². The summed E-state index contributed by atoms with van der Waals surface area (Å²) in [5.41, 5.74) is 1.76. The van der Waals surface area contributed by atoms with Gasteiger partial charge in [0.2, 0.25) is 0 Å². The molecule has 0 spiro atoms. The second kappa shape index (κ2) is 3.42. The number of rotatable bonds is 1. The summed E-state index contributed by atoms with van der Waals surface area (Å²) in [6, 6.07) is 3.64. The quantitative estimate of drug-likeness (QED) is 0.723. The molecule has 1 aromatic heterocycles. The molecule has 0 unspecified atom stereocenters. The van der Waals surface area contributed by atoms with Crippen LogP contribution in [0.2, 0.25) is 5.02 Å². The zero-order valence-corrected chi connectivity index (χ0v) is 8.67. The van der Waals surface area contributed by atoms with Crippen LogP contribution in [0.4, 0.5) is 0 Å². The second-order valence-electron chi connectivity index (χ2n) is 2.96.